The molecular formula is C13H20N4O2. The van der Waals surface area contributed by atoms with Crippen molar-refractivity contribution >= 4 is 6.01 Å². The van der Waals surface area contributed by atoms with Crippen molar-refractivity contribution in [3.05, 3.63) is 29.5 Å². The number of rotatable bonds is 5. The third-order valence-electron chi connectivity index (χ3n) is 2.45. The van der Waals surface area contributed by atoms with Crippen LogP contribution in [0.5, 0.6) is 0 Å². The summed E-state index contributed by atoms with van der Waals surface area (Å²) in [5.74, 6) is 2.29. The molecule has 0 unspecified atom stereocenters. The van der Waals surface area contributed by atoms with E-state index in [4.69, 9.17) is 8.83 Å². The summed E-state index contributed by atoms with van der Waals surface area (Å²) in [7, 11) is 0. The third kappa shape index (κ3) is 4.40. The van der Waals surface area contributed by atoms with Crippen LogP contribution in [0.3, 0.4) is 0 Å². The van der Waals surface area contributed by atoms with E-state index in [1.165, 1.54) is 0 Å². The Hall–Kier alpha value is -1.82. The summed E-state index contributed by atoms with van der Waals surface area (Å²) < 4.78 is 10.9. The Labute approximate surface area is 112 Å². The quantitative estimate of drug-likeness (QED) is 0.864. The summed E-state index contributed by atoms with van der Waals surface area (Å²) in [5.41, 5.74) is 0.0216. The Morgan fingerprint density at radius 2 is 1.89 bits per heavy atom. The zero-order valence-electron chi connectivity index (χ0n) is 11.8. The maximum Gasteiger partial charge on any atom is 0.315 e. The molecule has 0 aliphatic heterocycles. The highest BCUT2D eigenvalue weighted by atomic mass is 16.4. The minimum Gasteiger partial charge on any atom is -0.465 e. The van der Waals surface area contributed by atoms with E-state index < -0.39 is 0 Å². The molecule has 6 nitrogen and oxygen atoms in total. The summed E-state index contributed by atoms with van der Waals surface area (Å²) in [6, 6.07) is 4.24. The minimum atomic E-state index is 0.0216. The van der Waals surface area contributed by atoms with Crippen LogP contribution in [0.2, 0.25) is 0 Å². The van der Waals surface area contributed by atoms with Gasteiger partial charge in [0.15, 0.2) is 0 Å². The molecule has 2 heterocycles. The fourth-order valence-corrected chi connectivity index (χ4v) is 1.48. The maximum atomic E-state index is 5.47. The van der Waals surface area contributed by atoms with Crippen molar-refractivity contribution in [3.8, 4) is 0 Å². The molecule has 0 spiro atoms. The number of aryl methyl sites for hydroxylation is 1. The molecule has 2 rings (SSSR count). The largest absolute Gasteiger partial charge is 0.465 e. The van der Waals surface area contributed by atoms with Gasteiger partial charge in [0, 0.05) is 5.54 Å². The summed E-state index contributed by atoms with van der Waals surface area (Å²) in [5, 5.41) is 14.2. The molecular weight excluding hydrogens is 244 g/mol. The topological polar surface area (TPSA) is 76.1 Å². The second-order valence-corrected chi connectivity index (χ2v) is 5.47. The van der Waals surface area contributed by atoms with E-state index in [0.717, 1.165) is 11.5 Å². The first-order valence-electron chi connectivity index (χ1n) is 6.29. The number of nitrogens with zero attached hydrogens (tertiary/aromatic N) is 2. The van der Waals surface area contributed by atoms with Crippen LogP contribution in [0, 0.1) is 6.92 Å². The third-order valence-corrected chi connectivity index (χ3v) is 2.45. The number of nitrogens with one attached hydrogen (secondary N) is 2. The standard InChI is InChI=1S/C13H20N4O2/c1-9-5-6-10(18-9)7-14-12-17-16-11(19-12)8-15-13(2,3)4/h5-6,15H,7-8H2,1-4H3,(H,14,17). The van der Waals surface area contributed by atoms with Crippen molar-refractivity contribution in [3.63, 3.8) is 0 Å². The van der Waals surface area contributed by atoms with Crippen LogP contribution >= 0.6 is 0 Å². The van der Waals surface area contributed by atoms with Gasteiger partial charge >= 0.3 is 6.01 Å². The van der Waals surface area contributed by atoms with Crippen molar-refractivity contribution in [1.82, 2.24) is 15.5 Å². The molecule has 0 atom stereocenters. The highest BCUT2D eigenvalue weighted by molar-refractivity contribution is 5.19. The zero-order valence-corrected chi connectivity index (χ0v) is 11.8. The van der Waals surface area contributed by atoms with Crippen LogP contribution < -0.4 is 10.6 Å². The van der Waals surface area contributed by atoms with Crippen LogP contribution in [0.15, 0.2) is 21.0 Å². The number of aromatic nitrogens is 2. The van der Waals surface area contributed by atoms with Gasteiger partial charge in [0.1, 0.15) is 11.5 Å². The van der Waals surface area contributed by atoms with Crippen LogP contribution in [-0.2, 0) is 13.1 Å². The molecule has 0 fully saturated rings. The molecule has 2 aromatic heterocycles. The van der Waals surface area contributed by atoms with Crippen LogP contribution in [0.4, 0.5) is 6.01 Å². The first-order valence-corrected chi connectivity index (χ1v) is 6.29. The van der Waals surface area contributed by atoms with Gasteiger partial charge in [0.25, 0.3) is 0 Å². The smallest absolute Gasteiger partial charge is 0.315 e. The Morgan fingerprint density at radius 1 is 1.11 bits per heavy atom. The van der Waals surface area contributed by atoms with Crippen molar-refractivity contribution in [1.29, 1.82) is 0 Å². The van der Waals surface area contributed by atoms with Crippen molar-refractivity contribution in [2.75, 3.05) is 5.32 Å². The monoisotopic (exact) mass is 264 g/mol. The molecule has 0 amide bonds. The highest BCUT2D eigenvalue weighted by Crippen LogP contribution is 2.11. The molecule has 0 aliphatic rings. The Morgan fingerprint density at radius 3 is 2.53 bits per heavy atom. The van der Waals surface area contributed by atoms with Crippen molar-refractivity contribution < 1.29 is 8.83 Å². The molecule has 6 heteroatoms. The normalized spacial score (nSPS) is 11.8. The van der Waals surface area contributed by atoms with E-state index >= 15 is 0 Å². The van der Waals surface area contributed by atoms with E-state index in [0.29, 0.717) is 25.0 Å². The molecule has 104 valence electrons. The van der Waals surface area contributed by atoms with Gasteiger partial charge in [-0.05, 0) is 39.8 Å². The molecule has 0 aromatic carbocycles. The SMILES string of the molecule is Cc1ccc(CNc2nnc(CNC(C)(C)C)o2)o1. The number of anilines is 1. The molecule has 0 saturated carbocycles. The van der Waals surface area contributed by atoms with Crippen molar-refractivity contribution in [2.24, 2.45) is 0 Å². The van der Waals surface area contributed by atoms with Gasteiger partial charge in [-0.2, -0.15) is 0 Å². The molecule has 2 aromatic rings. The lowest BCUT2D eigenvalue weighted by Gasteiger charge is -2.18. The molecule has 19 heavy (non-hydrogen) atoms. The van der Waals surface area contributed by atoms with Gasteiger partial charge < -0.3 is 19.5 Å². The van der Waals surface area contributed by atoms with Crippen LogP contribution in [-0.4, -0.2) is 15.7 Å². The second kappa shape index (κ2) is 5.44. The number of furan rings is 1. The Bertz CT molecular complexity index is 525. The average molecular weight is 264 g/mol. The van der Waals surface area contributed by atoms with E-state index in [1.807, 2.05) is 19.1 Å². The lowest BCUT2D eigenvalue weighted by molar-refractivity contribution is 0.383. The predicted octanol–water partition coefficient (Wildman–Crippen LogP) is 2.47. The zero-order chi connectivity index (χ0) is 13.9. The van der Waals surface area contributed by atoms with Crippen LogP contribution in [0.1, 0.15) is 38.2 Å². The van der Waals surface area contributed by atoms with Gasteiger partial charge in [-0.25, -0.2) is 0 Å². The Kier molecular flexibility index (Phi) is 3.90. The van der Waals surface area contributed by atoms with Gasteiger partial charge in [-0.3, -0.25) is 0 Å². The lowest BCUT2D eigenvalue weighted by Crippen LogP contribution is -2.35. The average Bonchev–Trinajstić information content (AvgIpc) is 2.92. The summed E-state index contributed by atoms with van der Waals surface area (Å²) in [4.78, 5) is 0. The van der Waals surface area contributed by atoms with Crippen molar-refractivity contribution in [2.45, 2.75) is 46.3 Å². The lowest BCUT2D eigenvalue weighted by atomic mass is 10.1. The predicted molar refractivity (Wildman–Crippen MR) is 71.7 cm³/mol. The molecule has 2 N–H and O–H groups in total. The van der Waals surface area contributed by atoms with E-state index in [2.05, 4.69) is 41.6 Å². The van der Waals surface area contributed by atoms with E-state index in [1.54, 1.807) is 0 Å². The van der Waals surface area contributed by atoms with Gasteiger partial charge in [0.05, 0.1) is 13.1 Å². The van der Waals surface area contributed by atoms with Gasteiger partial charge in [0.2, 0.25) is 5.89 Å². The van der Waals surface area contributed by atoms with Gasteiger partial charge in [-0.1, -0.05) is 5.10 Å². The summed E-state index contributed by atoms with van der Waals surface area (Å²) in [6.07, 6.45) is 0. The van der Waals surface area contributed by atoms with Gasteiger partial charge in [-0.15, -0.1) is 5.10 Å². The highest BCUT2D eigenvalue weighted by Gasteiger charge is 2.12. The second-order valence-electron chi connectivity index (χ2n) is 5.47. The first-order chi connectivity index (χ1) is 8.92. The number of hydrogen-bond donors (Lipinski definition) is 2. The number of hydrogen-bond acceptors (Lipinski definition) is 6. The fourth-order valence-electron chi connectivity index (χ4n) is 1.48. The fraction of sp³-hybridized carbons (Fsp3) is 0.538. The maximum absolute atomic E-state index is 5.47. The summed E-state index contributed by atoms with van der Waals surface area (Å²) in [6.45, 7) is 9.25. The van der Waals surface area contributed by atoms with E-state index in [-0.39, 0.29) is 5.54 Å². The van der Waals surface area contributed by atoms with Crippen LogP contribution in [0.25, 0.3) is 0 Å². The molecule has 0 bridgehead atoms. The molecule has 0 aliphatic carbocycles. The molecule has 0 radical (unpaired) electrons. The summed E-state index contributed by atoms with van der Waals surface area (Å²) >= 11 is 0. The first kappa shape index (κ1) is 13.6. The molecule has 0 saturated heterocycles. The Balaban J connectivity index is 1.84. The minimum absolute atomic E-state index is 0.0216. The van der Waals surface area contributed by atoms with E-state index in [9.17, 15) is 0 Å².